The molecule has 3 heterocycles. The fourth-order valence-electron chi connectivity index (χ4n) is 3.96. The number of benzene rings is 1. The summed E-state index contributed by atoms with van der Waals surface area (Å²) in [6.45, 7) is 7.79. The highest BCUT2D eigenvalue weighted by molar-refractivity contribution is 5.67. The van der Waals surface area contributed by atoms with E-state index in [-0.39, 0.29) is 36.0 Å². The predicted molar refractivity (Wildman–Crippen MR) is 125 cm³/mol. The van der Waals surface area contributed by atoms with Gasteiger partial charge in [-0.3, -0.25) is 0 Å². The second kappa shape index (κ2) is 11.5. The first-order valence-corrected chi connectivity index (χ1v) is 12.0. The molecule has 9 nitrogen and oxygen atoms in total. The second-order valence-electron chi connectivity index (χ2n) is 8.97. The topological polar surface area (TPSA) is 92.2 Å². The smallest absolute Gasteiger partial charge is 0.410 e. The van der Waals surface area contributed by atoms with Crippen LogP contribution in [0.3, 0.4) is 0 Å². The van der Waals surface area contributed by atoms with Crippen molar-refractivity contribution in [1.82, 2.24) is 14.9 Å². The lowest BCUT2D eigenvalue weighted by molar-refractivity contribution is 0.0254. The van der Waals surface area contributed by atoms with Crippen LogP contribution in [0.15, 0.2) is 24.5 Å². The number of piperidine rings is 1. The first-order valence-electron chi connectivity index (χ1n) is 12.0. The van der Waals surface area contributed by atoms with Crippen molar-refractivity contribution in [3.05, 3.63) is 35.9 Å². The van der Waals surface area contributed by atoms with Gasteiger partial charge in [0.1, 0.15) is 24.3 Å². The van der Waals surface area contributed by atoms with Crippen LogP contribution in [-0.4, -0.2) is 65.6 Å². The molecule has 2 aromatic rings. The maximum atomic E-state index is 14.7. The molecular weight excluding hydrogens is 457 g/mol. The van der Waals surface area contributed by atoms with Gasteiger partial charge in [0.25, 0.3) is 0 Å². The van der Waals surface area contributed by atoms with Crippen LogP contribution in [0.1, 0.15) is 45.1 Å². The van der Waals surface area contributed by atoms with Crippen molar-refractivity contribution in [2.75, 3.05) is 26.3 Å². The Bertz CT molecular complexity index is 1010. The lowest BCUT2D eigenvalue weighted by Crippen LogP contribution is -2.42. The molecule has 0 bridgehead atoms. The van der Waals surface area contributed by atoms with Gasteiger partial charge >= 0.3 is 6.09 Å². The molecule has 2 saturated heterocycles. The Morgan fingerprint density at radius 1 is 1.06 bits per heavy atom. The summed E-state index contributed by atoms with van der Waals surface area (Å²) in [7, 11) is 0. The molecule has 0 atom stereocenters. The van der Waals surface area contributed by atoms with Gasteiger partial charge in [-0.1, -0.05) is 0 Å². The molecule has 35 heavy (non-hydrogen) atoms. The van der Waals surface area contributed by atoms with E-state index in [9.17, 15) is 9.18 Å². The van der Waals surface area contributed by atoms with E-state index in [4.69, 9.17) is 23.7 Å². The second-order valence-corrected chi connectivity index (χ2v) is 8.97. The molecule has 0 N–H and O–H groups in total. The number of nitrogens with zero attached hydrogens (tertiary/aromatic N) is 3. The van der Waals surface area contributed by atoms with Gasteiger partial charge in [0.2, 0.25) is 11.8 Å². The molecule has 2 aliphatic heterocycles. The highest BCUT2D eigenvalue weighted by Crippen LogP contribution is 2.32. The van der Waals surface area contributed by atoms with Crippen LogP contribution in [0.2, 0.25) is 0 Å². The number of amides is 1. The normalized spacial score (nSPS) is 17.3. The van der Waals surface area contributed by atoms with Gasteiger partial charge < -0.3 is 28.6 Å². The monoisotopic (exact) mass is 489 g/mol. The highest BCUT2D eigenvalue weighted by atomic mass is 19.1. The molecule has 2 fully saturated rings. The van der Waals surface area contributed by atoms with Crippen molar-refractivity contribution < 1.29 is 32.9 Å². The Balaban J connectivity index is 1.35. The van der Waals surface area contributed by atoms with Crippen LogP contribution >= 0.6 is 0 Å². The maximum absolute atomic E-state index is 14.7. The number of rotatable bonds is 7. The van der Waals surface area contributed by atoms with E-state index in [0.29, 0.717) is 56.3 Å². The van der Waals surface area contributed by atoms with Crippen LogP contribution < -0.4 is 14.2 Å². The Morgan fingerprint density at radius 3 is 2.43 bits per heavy atom. The molecule has 0 radical (unpaired) electrons. The number of likely N-dealkylation sites (tertiary alicyclic amines) is 1. The largest absolute Gasteiger partial charge is 0.490 e. The van der Waals surface area contributed by atoms with E-state index in [1.807, 2.05) is 13.8 Å². The van der Waals surface area contributed by atoms with E-state index in [1.165, 1.54) is 18.5 Å². The predicted octanol–water partition coefficient (Wildman–Crippen LogP) is 4.66. The Kier molecular flexibility index (Phi) is 8.22. The van der Waals surface area contributed by atoms with Crippen molar-refractivity contribution in [3.8, 4) is 23.3 Å². The molecule has 1 amide bonds. The lowest BCUT2D eigenvalue weighted by Gasteiger charge is -2.31. The van der Waals surface area contributed by atoms with E-state index >= 15 is 0 Å². The molecule has 190 valence electrons. The van der Waals surface area contributed by atoms with Crippen LogP contribution in [0, 0.1) is 12.7 Å². The number of carbonyl (C=O) groups is 1. The fraction of sp³-hybridized carbons (Fsp3) is 0.560. The van der Waals surface area contributed by atoms with Crippen molar-refractivity contribution in [2.45, 2.75) is 64.8 Å². The van der Waals surface area contributed by atoms with Gasteiger partial charge in [0, 0.05) is 44.8 Å². The fourth-order valence-corrected chi connectivity index (χ4v) is 3.96. The average Bonchev–Trinajstić information content (AvgIpc) is 2.84. The zero-order valence-electron chi connectivity index (χ0n) is 20.4. The Labute approximate surface area is 204 Å². The molecule has 4 rings (SSSR count). The Morgan fingerprint density at radius 2 is 1.74 bits per heavy atom. The van der Waals surface area contributed by atoms with Crippen molar-refractivity contribution in [1.29, 1.82) is 0 Å². The van der Waals surface area contributed by atoms with E-state index in [1.54, 1.807) is 17.9 Å². The quantitative estimate of drug-likeness (QED) is 0.554. The minimum Gasteiger partial charge on any atom is -0.490 e. The molecule has 10 heteroatoms. The molecule has 0 saturated carbocycles. The number of carbonyl (C=O) groups excluding carboxylic acids is 1. The van der Waals surface area contributed by atoms with Gasteiger partial charge in [-0.2, -0.15) is 0 Å². The van der Waals surface area contributed by atoms with Crippen molar-refractivity contribution >= 4 is 6.09 Å². The minimum absolute atomic E-state index is 0.0199. The molecule has 1 aromatic carbocycles. The van der Waals surface area contributed by atoms with Crippen molar-refractivity contribution in [2.24, 2.45) is 0 Å². The van der Waals surface area contributed by atoms with Crippen molar-refractivity contribution in [3.63, 3.8) is 0 Å². The molecule has 0 spiro atoms. The van der Waals surface area contributed by atoms with E-state index in [2.05, 4.69) is 9.97 Å². The maximum Gasteiger partial charge on any atom is 0.410 e. The summed E-state index contributed by atoms with van der Waals surface area (Å²) in [4.78, 5) is 22.1. The first-order chi connectivity index (χ1) is 16.9. The lowest BCUT2D eigenvalue weighted by atomic mass is 10.1. The zero-order valence-corrected chi connectivity index (χ0v) is 20.4. The third-order valence-corrected chi connectivity index (χ3v) is 5.89. The molecular formula is C25H32FN3O6. The van der Waals surface area contributed by atoms with Gasteiger partial charge in [0.05, 0.1) is 24.9 Å². The third kappa shape index (κ3) is 6.72. The third-order valence-electron chi connectivity index (χ3n) is 5.89. The standard InChI is InChI=1S/C25H32FN3O6/c1-16(2)32-25(30)29-10-6-18(7-11-29)34-23-17(3)24(28-15-27-23)35-22-5-4-20(14-21(22)26)33-19-8-12-31-13-9-19/h4-5,14-16,18-19H,6-13H2,1-3H3. The summed E-state index contributed by atoms with van der Waals surface area (Å²) in [5.74, 6) is 0.529. The van der Waals surface area contributed by atoms with Crippen LogP contribution in [-0.2, 0) is 9.47 Å². The van der Waals surface area contributed by atoms with Gasteiger partial charge in [0.15, 0.2) is 11.6 Å². The summed E-state index contributed by atoms with van der Waals surface area (Å²) in [5.41, 5.74) is 0.566. The number of aromatic nitrogens is 2. The molecule has 2 aliphatic rings. The summed E-state index contributed by atoms with van der Waals surface area (Å²) in [6.07, 6.45) is 3.63. The highest BCUT2D eigenvalue weighted by Gasteiger charge is 2.26. The molecule has 0 unspecified atom stereocenters. The zero-order chi connectivity index (χ0) is 24.8. The number of hydrogen-bond donors (Lipinski definition) is 0. The Hall–Kier alpha value is -3.14. The minimum atomic E-state index is -0.546. The summed E-state index contributed by atoms with van der Waals surface area (Å²) in [6, 6.07) is 4.52. The average molecular weight is 490 g/mol. The number of hydrogen-bond acceptors (Lipinski definition) is 8. The van der Waals surface area contributed by atoms with Gasteiger partial charge in [-0.05, 0) is 32.9 Å². The van der Waals surface area contributed by atoms with E-state index in [0.717, 1.165) is 12.8 Å². The summed E-state index contributed by atoms with van der Waals surface area (Å²) >= 11 is 0. The SMILES string of the molecule is Cc1c(Oc2ccc(OC3CCOCC3)cc2F)ncnc1OC1CCN(C(=O)OC(C)C)CC1. The number of ether oxygens (including phenoxy) is 5. The van der Waals surface area contributed by atoms with Gasteiger partial charge in [-0.25, -0.2) is 19.2 Å². The van der Waals surface area contributed by atoms with Crippen LogP contribution in [0.5, 0.6) is 23.3 Å². The van der Waals surface area contributed by atoms with Crippen LogP contribution in [0.4, 0.5) is 9.18 Å². The molecule has 0 aliphatic carbocycles. The van der Waals surface area contributed by atoms with Gasteiger partial charge in [-0.15, -0.1) is 0 Å². The number of halogens is 1. The first kappa shape index (κ1) is 25.0. The molecule has 1 aromatic heterocycles. The summed E-state index contributed by atoms with van der Waals surface area (Å²) < 4.78 is 43.0. The van der Waals surface area contributed by atoms with Crippen LogP contribution in [0.25, 0.3) is 0 Å². The summed E-state index contributed by atoms with van der Waals surface area (Å²) in [5, 5.41) is 0. The van der Waals surface area contributed by atoms with E-state index < -0.39 is 5.82 Å².